The van der Waals surface area contributed by atoms with Gasteiger partial charge in [-0.2, -0.15) is 0 Å². The van der Waals surface area contributed by atoms with Gasteiger partial charge in [-0.1, -0.05) is 33.2 Å². The zero-order valence-electron chi connectivity index (χ0n) is 10.8. The first-order chi connectivity index (χ1) is 9.68. The van der Waals surface area contributed by atoms with E-state index in [2.05, 4.69) is 26.1 Å². The van der Waals surface area contributed by atoms with Crippen molar-refractivity contribution >= 4 is 21.7 Å². The lowest BCUT2D eigenvalue weighted by molar-refractivity contribution is 0.436. The number of aromatic nitrogens is 2. The molecule has 0 atom stereocenters. The largest absolute Gasteiger partial charge is 0.380 e. The molecule has 2 N–H and O–H groups in total. The minimum atomic E-state index is 0.380. The summed E-state index contributed by atoms with van der Waals surface area (Å²) >= 11 is 3.53. The van der Waals surface area contributed by atoms with Crippen LogP contribution in [0.2, 0.25) is 0 Å². The van der Waals surface area contributed by atoms with Crippen molar-refractivity contribution < 1.29 is 4.52 Å². The van der Waals surface area contributed by atoms with Crippen LogP contribution in [0.3, 0.4) is 0 Å². The van der Waals surface area contributed by atoms with Gasteiger partial charge >= 0.3 is 0 Å². The highest BCUT2D eigenvalue weighted by Crippen LogP contribution is 2.38. The summed E-state index contributed by atoms with van der Waals surface area (Å²) in [5, 5.41) is 3.91. The van der Waals surface area contributed by atoms with E-state index in [9.17, 15) is 0 Å². The normalized spacial score (nSPS) is 10.7. The highest BCUT2D eigenvalue weighted by atomic mass is 79.9. The maximum atomic E-state index is 5.96. The van der Waals surface area contributed by atoms with Crippen molar-refractivity contribution in [2.45, 2.75) is 6.92 Å². The van der Waals surface area contributed by atoms with Gasteiger partial charge in [-0.25, -0.2) is 0 Å². The van der Waals surface area contributed by atoms with Gasteiger partial charge in [0.05, 0.1) is 5.56 Å². The van der Waals surface area contributed by atoms with E-state index in [0.29, 0.717) is 11.6 Å². The molecule has 0 aliphatic heterocycles. The summed E-state index contributed by atoms with van der Waals surface area (Å²) in [6.45, 7) is 2.02. The lowest BCUT2D eigenvalue weighted by Gasteiger charge is -2.07. The average molecular weight is 330 g/mol. The van der Waals surface area contributed by atoms with Crippen LogP contribution < -0.4 is 5.73 Å². The number of anilines is 1. The van der Waals surface area contributed by atoms with Crippen molar-refractivity contribution in [3.63, 3.8) is 0 Å². The van der Waals surface area contributed by atoms with Gasteiger partial charge in [0.15, 0.2) is 11.6 Å². The molecule has 0 saturated carbocycles. The fourth-order valence-corrected chi connectivity index (χ4v) is 2.50. The number of nitrogens with two attached hydrogens (primary N) is 1. The zero-order valence-corrected chi connectivity index (χ0v) is 12.4. The molecule has 0 saturated heterocycles. The fraction of sp³-hybridized carbons (Fsp3) is 0.0667. The van der Waals surface area contributed by atoms with Gasteiger partial charge in [0.2, 0.25) is 0 Å². The first kappa shape index (κ1) is 12.9. The Balaban J connectivity index is 2.24. The molecule has 20 heavy (non-hydrogen) atoms. The number of hydrogen-bond donors (Lipinski definition) is 1. The molecule has 0 aliphatic carbocycles. The molecular formula is C15H12BrN3O. The van der Waals surface area contributed by atoms with Gasteiger partial charge in [-0.15, -0.1) is 0 Å². The predicted molar refractivity (Wildman–Crippen MR) is 82.0 cm³/mol. The fourth-order valence-electron chi connectivity index (χ4n) is 2.14. The van der Waals surface area contributed by atoms with Crippen LogP contribution in [0.25, 0.3) is 22.5 Å². The molecule has 0 unspecified atom stereocenters. The highest BCUT2D eigenvalue weighted by Gasteiger charge is 2.19. The van der Waals surface area contributed by atoms with E-state index in [4.69, 9.17) is 10.3 Å². The Morgan fingerprint density at radius 2 is 1.90 bits per heavy atom. The summed E-state index contributed by atoms with van der Waals surface area (Å²) in [5.74, 6) is 1.05. The monoisotopic (exact) mass is 329 g/mol. The minimum Gasteiger partial charge on any atom is -0.380 e. The van der Waals surface area contributed by atoms with Gasteiger partial charge in [-0.05, 0) is 36.2 Å². The van der Waals surface area contributed by atoms with E-state index in [1.807, 2.05) is 37.3 Å². The SMILES string of the molecule is Cc1c(Br)cccc1-c1onc(N)c1-c1ccncc1. The Kier molecular flexibility index (Phi) is 3.28. The van der Waals surface area contributed by atoms with Gasteiger partial charge < -0.3 is 10.3 Å². The minimum absolute atomic E-state index is 0.380. The second kappa shape index (κ2) is 5.09. The van der Waals surface area contributed by atoms with Crippen molar-refractivity contribution in [1.29, 1.82) is 0 Å². The van der Waals surface area contributed by atoms with E-state index in [0.717, 1.165) is 26.7 Å². The molecule has 0 bridgehead atoms. The third-order valence-corrected chi connectivity index (χ3v) is 4.06. The van der Waals surface area contributed by atoms with Crippen molar-refractivity contribution in [2.75, 3.05) is 5.73 Å². The molecule has 0 aliphatic rings. The molecule has 4 nitrogen and oxygen atoms in total. The maximum Gasteiger partial charge on any atom is 0.177 e. The van der Waals surface area contributed by atoms with Crippen LogP contribution >= 0.6 is 15.9 Å². The molecule has 0 amide bonds. The summed E-state index contributed by atoms with van der Waals surface area (Å²) in [7, 11) is 0. The van der Waals surface area contributed by atoms with Gasteiger partial charge in [0, 0.05) is 22.4 Å². The van der Waals surface area contributed by atoms with Gasteiger partial charge in [0.1, 0.15) is 0 Å². The third kappa shape index (κ3) is 2.10. The smallest absolute Gasteiger partial charge is 0.177 e. The molecule has 0 fully saturated rings. The maximum absolute atomic E-state index is 5.96. The quantitative estimate of drug-likeness (QED) is 0.770. The van der Waals surface area contributed by atoms with Gasteiger partial charge in [0.25, 0.3) is 0 Å². The van der Waals surface area contributed by atoms with Crippen LogP contribution in [0.5, 0.6) is 0 Å². The second-order valence-corrected chi connectivity index (χ2v) is 5.27. The lowest BCUT2D eigenvalue weighted by atomic mass is 9.99. The number of benzene rings is 1. The number of nitrogen functional groups attached to an aromatic ring is 1. The Morgan fingerprint density at radius 1 is 1.15 bits per heavy atom. The summed E-state index contributed by atoms with van der Waals surface area (Å²) in [5.41, 5.74) is 9.75. The van der Waals surface area contributed by atoms with E-state index >= 15 is 0 Å². The third-order valence-electron chi connectivity index (χ3n) is 3.20. The summed E-state index contributed by atoms with van der Waals surface area (Å²) < 4.78 is 6.47. The molecule has 1 aromatic carbocycles. The van der Waals surface area contributed by atoms with Crippen LogP contribution in [0.15, 0.2) is 51.7 Å². The van der Waals surface area contributed by atoms with Crippen LogP contribution in [-0.4, -0.2) is 10.1 Å². The molecule has 2 heterocycles. The Hall–Kier alpha value is -2.14. The van der Waals surface area contributed by atoms with Crippen LogP contribution in [0.1, 0.15) is 5.56 Å². The van der Waals surface area contributed by atoms with Gasteiger partial charge in [-0.3, -0.25) is 4.98 Å². The Labute approximate surface area is 124 Å². The molecule has 0 spiro atoms. The molecule has 5 heteroatoms. The van der Waals surface area contributed by atoms with E-state index in [-0.39, 0.29) is 0 Å². The second-order valence-electron chi connectivity index (χ2n) is 4.42. The number of halogens is 1. The van der Waals surface area contributed by atoms with E-state index in [1.54, 1.807) is 12.4 Å². The predicted octanol–water partition coefficient (Wildman–Crippen LogP) is 4.06. The summed E-state index contributed by atoms with van der Waals surface area (Å²) in [6.07, 6.45) is 3.44. The topological polar surface area (TPSA) is 64.9 Å². The average Bonchev–Trinajstić information content (AvgIpc) is 2.84. The number of rotatable bonds is 2. The Morgan fingerprint density at radius 3 is 2.65 bits per heavy atom. The number of pyridine rings is 1. The number of hydrogen-bond acceptors (Lipinski definition) is 4. The molecular weight excluding hydrogens is 318 g/mol. The van der Waals surface area contributed by atoms with Crippen molar-refractivity contribution in [1.82, 2.24) is 10.1 Å². The standard InChI is InChI=1S/C15H12BrN3O/c1-9-11(3-2-4-12(9)16)14-13(15(17)19-20-14)10-5-7-18-8-6-10/h2-8H,1H3,(H2,17,19). The van der Waals surface area contributed by atoms with Crippen LogP contribution in [0.4, 0.5) is 5.82 Å². The first-order valence-electron chi connectivity index (χ1n) is 6.09. The molecule has 3 rings (SSSR count). The van der Waals surface area contributed by atoms with Crippen molar-refractivity contribution in [3.8, 4) is 22.5 Å². The van der Waals surface area contributed by atoms with E-state index in [1.165, 1.54) is 0 Å². The Bertz CT molecular complexity index is 753. The molecule has 0 radical (unpaired) electrons. The number of nitrogens with zero attached hydrogens (tertiary/aromatic N) is 2. The first-order valence-corrected chi connectivity index (χ1v) is 6.89. The summed E-state index contributed by atoms with van der Waals surface area (Å²) in [4.78, 5) is 4.02. The highest BCUT2D eigenvalue weighted by molar-refractivity contribution is 9.10. The van der Waals surface area contributed by atoms with Crippen molar-refractivity contribution in [2.24, 2.45) is 0 Å². The zero-order chi connectivity index (χ0) is 14.1. The molecule has 3 aromatic rings. The lowest BCUT2D eigenvalue weighted by Crippen LogP contribution is -1.90. The van der Waals surface area contributed by atoms with E-state index < -0.39 is 0 Å². The molecule has 2 aromatic heterocycles. The van der Waals surface area contributed by atoms with Crippen LogP contribution in [0, 0.1) is 6.92 Å². The molecule has 100 valence electrons. The van der Waals surface area contributed by atoms with Crippen molar-refractivity contribution in [3.05, 3.63) is 52.8 Å². The summed E-state index contributed by atoms with van der Waals surface area (Å²) in [6, 6.07) is 9.72. The van der Waals surface area contributed by atoms with Crippen LogP contribution in [-0.2, 0) is 0 Å².